The summed E-state index contributed by atoms with van der Waals surface area (Å²) < 4.78 is 27.2. The third kappa shape index (κ3) is 4.14. The van der Waals surface area contributed by atoms with Gasteiger partial charge in [0.05, 0.1) is 35.5 Å². The Hall–Kier alpha value is -3.34. The molecule has 0 saturated carbocycles. The first-order valence-electron chi connectivity index (χ1n) is 8.76. The van der Waals surface area contributed by atoms with Crippen molar-refractivity contribution in [2.24, 2.45) is 0 Å². The number of methoxy groups -OCH3 is 5. The fraction of sp³-hybridized carbons (Fsp3) is 0.217. The van der Waals surface area contributed by atoms with Crippen LogP contribution >= 0.6 is 0 Å². The molecule has 0 heterocycles. The Bertz CT molecular complexity index is 847. The first-order chi connectivity index (χ1) is 13.6. The number of ether oxygens (including phenoxy) is 5. The predicted molar refractivity (Wildman–Crippen MR) is 110 cm³/mol. The minimum absolute atomic E-state index is 0.724. The Morgan fingerprint density at radius 3 is 0.786 bits per heavy atom. The molecular formula is C23H24O5. The maximum absolute atomic E-state index is 5.54. The van der Waals surface area contributed by atoms with Gasteiger partial charge in [0.25, 0.3) is 0 Å². The summed E-state index contributed by atoms with van der Waals surface area (Å²) >= 11 is 0. The maximum Gasteiger partial charge on any atom is 0.123 e. The normalized spacial score (nSPS) is 10.3. The van der Waals surface area contributed by atoms with E-state index >= 15 is 0 Å². The van der Waals surface area contributed by atoms with E-state index in [1.807, 2.05) is 48.5 Å². The van der Waals surface area contributed by atoms with Crippen molar-refractivity contribution in [3.05, 3.63) is 54.6 Å². The highest BCUT2D eigenvalue weighted by atomic mass is 16.5. The largest absolute Gasteiger partial charge is 0.497 e. The zero-order valence-electron chi connectivity index (χ0n) is 16.7. The first-order valence-corrected chi connectivity index (χ1v) is 8.76. The molecule has 0 atom stereocenters. The molecule has 0 aliphatic carbocycles. The van der Waals surface area contributed by atoms with Gasteiger partial charge in [-0.1, -0.05) is 0 Å². The van der Waals surface area contributed by atoms with Gasteiger partial charge in [-0.05, 0) is 64.7 Å². The molecule has 0 amide bonds. The van der Waals surface area contributed by atoms with Crippen LogP contribution in [0.4, 0.5) is 0 Å². The van der Waals surface area contributed by atoms with Gasteiger partial charge in [0.15, 0.2) is 0 Å². The molecule has 5 nitrogen and oxygen atoms in total. The Labute approximate surface area is 165 Å². The number of hydrogen-bond donors (Lipinski definition) is 0. The monoisotopic (exact) mass is 380 g/mol. The first kappa shape index (κ1) is 19.4. The lowest BCUT2D eigenvalue weighted by Crippen LogP contribution is -1.92. The van der Waals surface area contributed by atoms with E-state index in [1.54, 1.807) is 35.5 Å². The minimum atomic E-state index is 0.724. The molecule has 3 rings (SSSR count). The van der Waals surface area contributed by atoms with Crippen molar-refractivity contribution in [1.82, 2.24) is 0 Å². The van der Waals surface area contributed by atoms with Gasteiger partial charge >= 0.3 is 0 Å². The summed E-state index contributed by atoms with van der Waals surface area (Å²) in [5, 5.41) is 0. The van der Waals surface area contributed by atoms with E-state index < -0.39 is 0 Å². The highest BCUT2D eigenvalue weighted by Gasteiger charge is 2.11. The fourth-order valence-electron chi connectivity index (χ4n) is 3.00. The summed E-state index contributed by atoms with van der Waals surface area (Å²) in [4.78, 5) is 0. The van der Waals surface area contributed by atoms with E-state index in [1.165, 1.54) is 0 Å². The molecule has 5 heteroatoms. The summed E-state index contributed by atoms with van der Waals surface area (Å²) in [6, 6.07) is 17.6. The molecule has 0 N–H and O–H groups in total. The van der Waals surface area contributed by atoms with Crippen LogP contribution in [0.3, 0.4) is 0 Å². The highest BCUT2D eigenvalue weighted by Crippen LogP contribution is 2.37. The zero-order chi connectivity index (χ0) is 20.1. The van der Waals surface area contributed by atoms with Gasteiger partial charge < -0.3 is 23.7 Å². The maximum atomic E-state index is 5.54. The molecule has 3 aromatic rings. The average Bonchev–Trinajstić information content (AvgIpc) is 2.77. The third-order valence-corrected chi connectivity index (χ3v) is 4.51. The molecular weight excluding hydrogens is 356 g/mol. The lowest BCUT2D eigenvalue weighted by molar-refractivity contribution is 0.394. The molecule has 0 unspecified atom stereocenters. The van der Waals surface area contributed by atoms with Gasteiger partial charge in [-0.2, -0.15) is 0 Å². The van der Waals surface area contributed by atoms with Crippen molar-refractivity contribution in [2.75, 3.05) is 35.5 Å². The molecule has 0 spiro atoms. The second-order valence-electron chi connectivity index (χ2n) is 6.15. The summed E-state index contributed by atoms with van der Waals surface area (Å²) in [5.74, 6) is 3.64. The summed E-state index contributed by atoms with van der Waals surface area (Å²) in [6.07, 6.45) is 0. The van der Waals surface area contributed by atoms with Crippen molar-refractivity contribution >= 4 is 0 Å². The van der Waals surface area contributed by atoms with E-state index in [9.17, 15) is 0 Å². The van der Waals surface area contributed by atoms with Crippen molar-refractivity contribution < 1.29 is 23.7 Å². The van der Waals surface area contributed by atoms with Gasteiger partial charge in [-0.25, -0.2) is 0 Å². The van der Waals surface area contributed by atoms with Gasteiger partial charge in [0.1, 0.15) is 28.7 Å². The topological polar surface area (TPSA) is 46.2 Å². The van der Waals surface area contributed by atoms with E-state index in [0.717, 1.165) is 51.0 Å². The Kier molecular flexibility index (Phi) is 5.94. The third-order valence-electron chi connectivity index (χ3n) is 4.51. The molecule has 0 saturated heterocycles. The molecule has 146 valence electrons. The van der Waals surface area contributed by atoms with Gasteiger partial charge in [-0.3, -0.25) is 0 Å². The Morgan fingerprint density at radius 1 is 0.321 bits per heavy atom. The van der Waals surface area contributed by atoms with Crippen LogP contribution in [0.25, 0.3) is 22.3 Å². The van der Waals surface area contributed by atoms with Crippen LogP contribution in [0.1, 0.15) is 0 Å². The summed E-state index contributed by atoms with van der Waals surface area (Å²) in [5.41, 5.74) is 3.89. The van der Waals surface area contributed by atoms with Crippen LogP contribution in [0.15, 0.2) is 54.6 Å². The SMILES string of the molecule is COc1cc(OC)cc(-c2cc(OC)cc(-c3cc(OC)cc(OC)c3)c2)c1. The van der Waals surface area contributed by atoms with Crippen LogP contribution in [-0.2, 0) is 0 Å². The number of rotatable bonds is 7. The van der Waals surface area contributed by atoms with Crippen molar-refractivity contribution in [2.45, 2.75) is 0 Å². The molecule has 0 aromatic heterocycles. The summed E-state index contributed by atoms with van der Waals surface area (Å²) in [7, 11) is 8.20. The van der Waals surface area contributed by atoms with Crippen LogP contribution < -0.4 is 23.7 Å². The lowest BCUT2D eigenvalue weighted by Gasteiger charge is -2.13. The predicted octanol–water partition coefficient (Wildman–Crippen LogP) is 5.06. The molecule has 0 fully saturated rings. The van der Waals surface area contributed by atoms with Crippen LogP contribution in [0, 0.1) is 0 Å². The zero-order valence-corrected chi connectivity index (χ0v) is 16.7. The number of hydrogen-bond acceptors (Lipinski definition) is 5. The summed E-state index contributed by atoms with van der Waals surface area (Å²) in [6.45, 7) is 0. The Morgan fingerprint density at radius 2 is 0.536 bits per heavy atom. The van der Waals surface area contributed by atoms with Crippen molar-refractivity contribution in [3.63, 3.8) is 0 Å². The molecule has 0 bridgehead atoms. The standard InChI is InChI=1S/C23H24O5/c1-24-19-7-15(17-9-20(25-2)13-21(10-17)26-3)6-16(8-19)18-11-22(27-4)14-23(12-18)28-5/h6-14H,1-5H3. The van der Waals surface area contributed by atoms with Crippen LogP contribution in [-0.4, -0.2) is 35.5 Å². The highest BCUT2D eigenvalue weighted by molar-refractivity contribution is 5.77. The quantitative estimate of drug-likeness (QED) is 0.573. The molecule has 3 aromatic carbocycles. The number of benzene rings is 3. The van der Waals surface area contributed by atoms with Crippen molar-refractivity contribution in [3.8, 4) is 51.0 Å². The van der Waals surface area contributed by atoms with E-state index in [-0.39, 0.29) is 0 Å². The second kappa shape index (κ2) is 8.57. The van der Waals surface area contributed by atoms with E-state index in [2.05, 4.69) is 6.07 Å². The molecule has 0 aliphatic heterocycles. The van der Waals surface area contributed by atoms with Gasteiger partial charge in [-0.15, -0.1) is 0 Å². The van der Waals surface area contributed by atoms with Gasteiger partial charge in [0, 0.05) is 12.1 Å². The molecule has 0 aliphatic rings. The van der Waals surface area contributed by atoms with Crippen LogP contribution in [0.5, 0.6) is 28.7 Å². The lowest BCUT2D eigenvalue weighted by atomic mass is 9.97. The Balaban J connectivity index is 2.17. The average molecular weight is 380 g/mol. The van der Waals surface area contributed by atoms with E-state index in [0.29, 0.717) is 0 Å². The molecule has 28 heavy (non-hydrogen) atoms. The van der Waals surface area contributed by atoms with Crippen molar-refractivity contribution in [1.29, 1.82) is 0 Å². The molecule has 0 radical (unpaired) electrons. The minimum Gasteiger partial charge on any atom is -0.497 e. The smallest absolute Gasteiger partial charge is 0.123 e. The fourth-order valence-corrected chi connectivity index (χ4v) is 3.00. The van der Waals surface area contributed by atoms with Crippen LogP contribution in [0.2, 0.25) is 0 Å². The van der Waals surface area contributed by atoms with Gasteiger partial charge in [0.2, 0.25) is 0 Å². The second-order valence-corrected chi connectivity index (χ2v) is 6.15. The van der Waals surface area contributed by atoms with E-state index in [4.69, 9.17) is 23.7 Å².